The minimum absolute atomic E-state index is 0.512. The van der Waals surface area contributed by atoms with Crippen LogP contribution in [0.15, 0.2) is 10.8 Å². The van der Waals surface area contributed by atoms with Crippen molar-refractivity contribution < 1.29 is 0 Å². The third-order valence-electron chi connectivity index (χ3n) is 4.24. The Kier molecular flexibility index (Phi) is 3.76. The van der Waals surface area contributed by atoms with E-state index in [1.165, 1.54) is 38.5 Å². The summed E-state index contributed by atoms with van der Waals surface area (Å²) in [5.74, 6) is 1.82. The lowest BCUT2D eigenvalue weighted by Gasteiger charge is -2.45. The molecule has 5 heteroatoms. The molecule has 2 aliphatic rings. The molecular formula is C13H17BrClN3. The lowest BCUT2D eigenvalue weighted by Crippen LogP contribution is -2.47. The summed E-state index contributed by atoms with van der Waals surface area (Å²) < 4.78 is 0.845. The van der Waals surface area contributed by atoms with Gasteiger partial charge in [-0.25, -0.2) is 9.97 Å². The Hall–Kier alpha value is -0.350. The zero-order chi connectivity index (χ0) is 12.5. The van der Waals surface area contributed by atoms with Gasteiger partial charge in [0.1, 0.15) is 17.3 Å². The Morgan fingerprint density at radius 3 is 2.83 bits per heavy atom. The molecule has 3 nitrogen and oxygen atoms in total. The molecule has 1 saturated heterocycles. The first kappa shape index (κ1) is 12.7. The van der Waals surface area contributed by atoms with Crippen LogP contribution in [0.2, 0.25) is 5.15 Å². The van der Waals surface area contributed by atoms with E-state index in [0.29, 0.717) is 11.2 Å². The molecule has 3 rings (SSSR count). The number of fused-ring (bicyclic) bond motifs is 1. The van der Waals surface area contributed by atoms with E-state index in [2.05, 4.69) is 30.8 Å². The number of hydrogen-bond donors (Lipinski definition) is 0. The summed E-state index contributed by atoms with van der Waals surface area (Å²) >= 11 is 9.62. The van der Waals surface area contributed by atoms with E-state index in [9.17, 15) is 0 Å². The Morgan fingerprint density at radius 1 is 1.17 bits per heavy atom. The summed E-state index contributed by atoms with van der Waals surface area (Å²) in [4.78, 5) is 10.9. The molecule has 0 aromatic carbocycles. The lowest BCUT2D eigenvalue weighted by atomic mass is 9.78. The number of aromatic nitrogens is 2. The molecule has 2 atom stereocenters. The summed E-state index contributed by atoms with van der Waals surface area (Å²) in [5.41, 5.74) is 0. The van der Waals surface area contributed by atoms with Crippen molar-refractivity contribution in [3.05, 3.63) is 16.0 Å². The molecule has 1 saturated carbocycles. The van der Waals surface area contributed by atoms with E-state index in [1.807, 2.05) is 0 Å². The summed E-state index contributed by atoms with van der Waals surface area (Å²) in [6.45, 7) is 1.09. The maximum atomic E-state index is 6.08. The van der Waals surface area contributed by atoms with Crippen LogP contribution in [0.25, 0.3) is 0 Å². The number of hydrogen-bond acceptors (Lipinski definition) is 3. The maximum Gasteiger partial charge on any atom is 0.148 e. The van der Waals surface area contributed by atoms with Gasteiger partial charge in [-0.2, -0.15) is 0 Å². The molecular weight excluding hydrogens is 314 g/mol. The van der Waals surface area contributed by atoms with Crippen molar-refractivity contribution in [2.75, 3.05) is 11.4 Å². The molecule has 1 aliphatic carbocycles. The summed E-state index contributed by atoms with van der Waals surface area (Å²) in [5, 5.41) is 0.512. The molecule has 2 heterocycles. The zero-order valence-electron chi connectivity index (χ0n) is 10.3. The van der Waals surface area contributed by atoms with Crippen LogP contribution >= 0.6 is 27.5 Å². The van der Waals surface area contributed by atoms with Gasteiger partial charge in [0.25, 0.3) is 0 Å². The van der Waals surface area contributed by atoms with Crippen LogP contribution in [0.5, 0.6) is 0 Å². The van der Waals surface area contributed by atoms with E-state index < -0.39 is 0 Å². The van der Waals surface area contributed by atoms with Gasteiger partial charge in [0, 0.05) is 12.6 Å². The smallest absolute Gasteiger partial charge is 0.148 e. The SMILES string of the molecule is Clc1ncnc(N2CCCC3CCCCC32)c1Br. The van der Waals surface area contributed by atoms with E-state index in [1.54, 1.807) is 6.33 Å². The monoisotopic (exact) mass is 329 g/mol. The second kappa shape index (κ2) is 5.33. The van der Waals surface area contributed by atoms with Crippen LogP contribution < -0.4 is 4.90 Å². The molecule has 1 aromatic heterocycles. The fourth-order valence-electron chi connectivity index (χ4n) is 3.43. The number of piperidine rings is 1. The minimum Gasteiger partial charge on any atom is -0.352 e. The van der Waals surface area contributed by atoms with E-state index in [4.69, 9.17) is 11.6 Å². The average molecular weight is 331 g/mol. The molecule has 18 heavy (non-hydrogen) atoms. The Balaban J connectivity index is 1.92. The highest BCUT2D eigenvalue weighted by Crippen LogP contribution is 2.40. The first-order valence-electron chi connectivity index (χ1n) is 6.70. The predicted octanol–water partition coefficient (Wildman–Crippen LogP) is 4.05. The molecule has 0 N–H and O–H groups in total. The quantitative estimate of drug-likeness (QED) is 0.727. The van der Waals surface area contributed by atoms with Crippen molar-refractivity contribution in [3.8, 4) is 0 Å². The maximum absolute atomic E-state index is 6.08. The second-order valence-electron chi connectivity index (χ2n) is 5.25. The van der Waals surface area contributed by atoms with Gasteiger partial charge < -0.3 is 4.90 Å². The van der Waals surface area contributed by atoms with E-state index >= 15 is 0 Å². The topological polar surface area (TPSA) is 29.0 Å². The fourth-order valence-corrected chi connectivity index (χ4v) is 3.99. The number of rotatable bonds is 1. The van der Waals surface area contributed by atoms with Crippen LogP contribution in [0.1, 0.15) is 38.5 Å². The predicted molar refractivity (Wildman–Crippen MR) is 77.1 cm³/mol. The van der Waals surface area contributed by atoms with Gasteiger partial charge in [0.2, 0.25) is 0 Å². The van der Waals surface area contributed by atoms with Crippen molar-refractivity contribution >= 4 is 33.3 Å². The highest BCUT2D eigenvalue weighted by molar-refractivity contribution is 9.10. The first-order chi connectivity index (χ1) is 8.77. The molecule has 2 unspecified atom stereocenters. The van der Waals surface area contributed by atoms with Gasteiger partial charge in [-0.15, -0.1) is 0 Å². The van der Waals surface area contributed by atoms with Crippen molar-refractivity contribution in [3.63, 3.8) is 0 Å². The van der Waals surface area contributed by atoms with Crippen molar-refractivity contribution in [2.45, 2.75) is 44.6 Å². The van der Waals surface area contributed by atoms with Crippen LogP contribution in [0.3, 0.4) is 0 Å². The summed E-state index contributed by atoms with van der Waals surface area (Å²) in [7, 11) is 0. The summed E-state index contributed by atoms with van der Waals surface area (Å²) in [6, 6.07) is 0.648. The first-order valence-corrected chi connectivity index (χ1v) is 7.87. The van der Waals surface area contributed by atoms with Crippen molar-refractivity contribution in [1.82, 2.24) is 9.97 Å². The molecule has 0 bridgehead atoms. The lowest BCUT2D eigenvalue weighted by molar-refractivity contribution is 0.242. The highest BCUT2D eigenvalue weighted by Gasteiger charge is 2.34. The largest absolute Gasteiger partial charge is 0.352 e. The van der Waals surface area contributed by atoms with Crippen LogP contribution in [-0.4, -0.2) is 22.6 Å². The second-order valence-corrected chi connectivity index (χ2v) is 6.40. The van der Waals surface area contributed by atoms with Gasteiger partial charge in [-0.3, -0.25) is 0 Å². The molecule has 0 spiro atoms. The Bertz CT molecular complexity index is 438. The number of anilines is 1. The molecule has 2 fully saturated rings. The van der Waals surface area contributed by atoms with Gasteiger partial charge >= 0.3 is 0 Å². The summed E-state index contributed by atoms with van der Waals surface area (Å²) in [6.07, 6.45) is 9.59. The highest BCUT2D eigenvalue weighted by atomic mass is 79.9. The molecule has 0 radical (unpaired) electrons. The van der Waals surface area contributed by atoms with Crippen molar-refractivity contribution in [2.24, 2.45) is 5.92 Å². The Morgan fingerprint density at radius 2 is 1.94 bits per heavy atom. The van der Waals surface area contributed by atoms with Crippen LogP contribution in [0, 0.1) is 5.92 Å². The van der Waals surface area contributed by atoms with Crippen molar-refractivity contribution in [1.29, 1.82) is 0 Å². The van der Waals surface area contributed by atoms with Crippen LogP contribution in [0.4, 0.5) is 5.82 Å². The van der Waals surface area contributed by atoms with Gasteiger partial charge in [0.05, 0.1) is 4.47 Å². The van der Waals surface area contributed by atoms with E-state index in [-0.39, 0.29) is 0 Å². The molecule has 1 aliphatic heterocycles. The molecule has 98 valence electrons. The minimum atomic E-state index is 0.512. The van der Waals surface area contributed by atoms with Gasteiger partial charge in [0.15, 0.2) is 0 Å². The normalized spacial score (nSPS) is 28.0. The molecule has 1 aromatic rings. The average Bonchev–Trinajstić information content (AvgIpc) is 2.41. The fraction of sp³-hybridized carbons (Fsp3) is 0.692. The number of halogens is 2. The number of nitrogens with zero attached hydrogens (tertiary/aromatic N) is 3. The third kappa shape index (κ3) is 2.25. The zero-order valence-corrected chi connectivity index (χ0v) is 12.6. The van der Waals surface area contributed by atoms with Gasteiger partial charge in [-0.1, -0.05) is 24.4 Å². The Labute approximate surface area is 121 Å². The molecule has 0 amide bonds. The van der Waals surface area contributed by atoms with E-state index in [0.717, 1.165) is 22.8 Å². The standard InChI is InChI=1S/C13H17BrClN3/c14-11-12(15)16-8-17-13(11)18-7-3-5-9-4-1-2-6-10(9)18/h8-10H,1-7H2. The van der Waals surface area contributed by atoms with Crippen LogP contribution in [-0.2, 0) is 0 Å². The van der Waals surface area contributed by atoms with Gasteiger partial charge in [-0.05, 0) is 47.5 Å². The third-order valence-corrected chi connectivity index (χ3v) is 5.49.